The molecule has 0 saturated carbocycles. The van der Waals surface area contributed by atoms with Gasteiger partial charge in [-0.3, -0.25) is 19.5 Å². The lowest BCUT2D eigenvalue weighted by Gasteiger charge is -2.32. The summed E-state index contributed by atoms with van der Waals surface area (Å²) in [5.41, 5.74) is 1.98. The first-order valence-corrected chi connectivity index (χ1v) is 12.8. The lowest BCUT2D eigenvalue weighted by molar-refractivity contribution is -0.121. The summed E-state index contributed by atoms with van der Waals surface area (Å²) in [6.07, 6.45) is 3.71. The summed E-state index contributed by atoms with van der Waals surface area (Å²) < 4.78 is 0. The van der Waals surface area contributed by atoms with Crippen LogP contribution in [0.25, 0.3) is 10.2 Å². The fraction of sp³-hybridized carbons (Fsp3) is 0.478. The Bertz CT molecular complexity index is 1140. The van der Waals surface area contributed by atoms with Crippen molar-refractivity contribution in [2.45, 2.75) is 57.2 Å². The number of hydrogen-bond acceptors (Lipinski definition) is 7. The number of H-pyrrole nitrogens is 1. The molecule has 9 heteroatoms. The largest absolute Gasteiger partial charge is 0.352 e. The quantitative estimate of drug-likeness (QED) is 0.549. The van der Waals surface area contributed by atoms with Gasteiger partial charge in [-0.25, -0.2) is 4.98 Å². The van der Waals surface area contributed by atoms with Crippen LogP contribution >= 0.6 is 23.1 Å². The van der Waals surface area contributed by atoms with Gasteiger partial charge in [0.25, 0.3) is 5.56 Å². The predicted molar refractivity (Wildman–Crippen MR) is 131 cm³/mol. The molecule has 0 bridgehead atoms. The van der Waals surface area contributed by atoms with Gasteiger partial charge in [0.05, 0.1) is 22.1 Å². The summed E-state index contributed by atoms with van der Waals surface area (Å²) in [5.74, 6) is 1.17. The highest BCUT2D eigenvalue weighted by atomic mass is 32.2. The SMILES string of the molecule is Cc1sc2nc(CSC(C)C(=O)NC3CCN(Cc4ccccn4)CC3)[nH]c(=O)c2c1C. The highest BCUT2D eigenvalue weighted by Gasteiger charge is 2.23. The molecule has 170 valence electrons. The van der Waals surface area contributed by atoms with Crippen LogP contribution in [-0.2, 0) is 17.1 Å². The second-order valence-electron chi connectivity index (χ2n) is 8.31. The van der Waals surface area contributed by atoms with E-state index >= 15 is 0 Å². The van der Waals surface area contributed by atoms with E-state index in [1.807, 2.05) is 45.2 Å². The number of piperidine rings is 1. The number of carbonyl (C=O) groups excluding carboxylic acids is 1. The van der Waals surface area contributed by atoms with Crippen LogP contribution < -0.4 is 10.9 Å². The van der Waals surface area contributed by atoms with E-state index < -0.39 is 0 Å². The Hall–Kier alpha value is -2.23. The smallest absolute Gasteiger partial charge is 0.259 e. The van der Waals surface area contributed by atoms with Gasteiger partial charge in [0.2, 0.25) is 5.91 Å². The van der Waals surface area contributed by atoms with E-state index in [1.54, 1.807) is 11.3 Å². The van der Waals surface area contributed by atoms with Gasteiger partial charge >= 0.3 is 0 Å². The van der Waals surface area contributed by atoms with Gasteiger partial charge in [0.15, 0.2) is 0 Å². The normalized spacial score (nSPS) is 16.3. The Labute approximate surface area is 196 Å². The van der Waals surface area contributed by atoms with Gasteiger partial charge < -0.3 is 10.3 Å². The Kier molecular flexibility index (Phi) is 7.27. The number of likely N-dealkylation sites (tertiary alicyclic amines) is 1. The van der Waals surface area contributed by atoms with Crippen LogP contribution in [0.2, 0.25) is 0 Å². The Morgan fingerprint density at radius 3 is 2.84 bits per heavy atom. The van der Waals surface area contributed by atoms with E-state index in [2.05, 4.69) is 25.2 Å². The molecule has 32 heavy (non-hydrogen) atoms. The molecule has 4 rings (SSSR count). The molecule has 1 saturated heterocycles. The second-order valence-corrected chi connectivity index (χ2v) is 10.8. The fourth-order valence-electron chi connectivity index (χ4n) is 3.92. The Morgan fingerprint density at radius 1 is 1.34 bits per heavy atom. The highest BCUT2D eigenvalue weighted by molar-refractivity contribution is 7.99. The van der Waals surface area contributed by atoms with Crippen LogP contribution in [0.3, 0.4) is 0 Å². The molecule has 4 heterocycles. The molecule has 0 spiro atoms. The van der Waals surface area contributed by atoms with Gasteiger partial charge in [0, 0.05) is 36.8 Å². The Balaban J connectivity index is 1.25. The third-order valence-corrected chi connectivity index (χ3v) is 8.23. The van der Waals surface area contributed by atoms with Crippen LogP contribution in [0.4, 0.5) is 0 Å². The minimum absolute atomic E-state index is 0.0458. The van der Waals surface area contributed by atoms with E-state index in [4.69, 9.17) is 0 Å². The van der Waals surface area contributed by atoms with Crippen LogP contribution in [0.15, 0.2) is 29.2 Å². The molecule has 1 unspecified atom stereocenters. The first-order valence-electron chi connectivity index (χ1n) is 10.9. The van der Waals surface area contributed by atoms with Crippen molar-refractivity contribution in [1.82, 2.24) is 25.2 Å². The molecule has 7 nitrogen and oxygen atoms in total. The fourth-order valence-corrected chi connectivity index (χ4v) is 5.73. The number of thiophene rings is 1. The van der Waals surface area contributed by atoms with E-state index in [-0.39, 0.29) is 22.8 Å². The number of pyridine rings is 1. The van der Waals surface area contributed by atoms with Crippen molar-refractivity contribution >= 4 is 39.2 Å². The minimum atomic E-state index is -0.214. The number of carbonyl (C=O) groups is 1. The summed E-state index contributed by atoms with van der Waals surface area (Å²) in [6.45, 7) is 8.63. The summed E-state index contributed by atoms with van der Waals surface area (Å²) in [5, 5.41) is 3.67. The van der Waals surface area contributed by atoms with Crippen molar-refractivity contribution < 1.29 is 4.79 Å². The number of hydrogen-bond donors (Lipinski definition) is 2. The van der Waals surface area contributed by atoms with Crippen molar-refractivity contribution in [3.8, 4) is 0 Å². The zero-order valence-electron chi connectivity index (χ0n) is 18.7. The highest BCUT2D eigenvalue weighted by Crippen LogP contribution is 2.26. The van der Waals surface area contributed by atoms with Crippen LogP contribution in [-0.4, -0.2) is 50.1 Å². The van der Waals surface area contributed by atoms with E-state index in [1.165, 1.54) is 11.8 Å². The van der Waals surface area contributed by atoms with Gasteiger partial charge in [0.1, 0.15) is 10.7 Å². The van der Waals surface area contributed by atoms with Gasteiger partial charge in [-0.15, -0.1) is 23.1 Å². The first-order chi connectivity index (χ1) is 15.4. The number of thioether (sulfide) groups is 1. The van der Waals surface area contributed by atoms with E-state index in [0.717, 1.165) is 53.4 Å². The third-order valence-electron chi connectivity index (χ3n) is 5.97. The van der Waals surface area contributed by atoms with E-state index in [9.17, 15) is 9.59 Å². The molecular formula is C23H29N5O2S2. The number of aromatic amines is 1. The van der Waals surface area contributed by atoms with Crippen LogP contribution in [0.1, 0.15) is 41.7 Å². The monoisotopic (exact) mass is 471 g/mol. The molecule has 3 aromatic heterocycles. The number of amides is 1. The molecule has 3 aromatic rings. The molecule has 0 radical (unpaired) electrons. The summed E-state index contributed by atoms with van der Waals surface area (Å²) in [4.78, 5) is 41.3. The molecule has 2 N–H and O–H groups in total. The zero-order valence-corrected chi connectivity index (χ0v) is 20.3. The summed E-state index contributed by atoms with van der Waals surface area (Å²) >= 11 is 3.04. The number of nitrogens with one attached hydrogen (secondary N) is 2. The molecule has 1 amide bonds. The molecule has 0 aliphatic carbocycles. The predicted octanol–water partition coefficient (Wildman–Crippen LogP) is 3.40. The average molecular weight is 472 g/mol. The zero-order chi connectivity index (χ0) is 22.7. The lowest BCUT2D eigenvalue weighted by Crippen LogP contribution is -2.46. The Morgan fingerprint density at radius 2 is 2.12 bits per heavy atom. The lowest BCUT2D eigenvalue weighted by atomic mass is 10.0. The maximum atomic E-state index is 12.7. The molecule has 1 aliphatic heterocycles. The number of aromatic nitrogens is 3. The molecule has 1 aliphatic rings. The van der Waals surface area contributed by atoms with Crippen molar-refractivity contribution in [2.75, 3.05) is 13.1 Å². The van der Waals surface area contributed by atoms with Crippen molar-refractivity contribution in [2.24, 2.45) is 0 Å². The van der Waals surface area contributed by atoms with Crippen LogP contribution in [0, 0.1) is 13.8 Å². The van der Waals surface area contributed by atoms with Gasteiger partial charge in [-0.05, 0) is 51.3 Å². The number of fused-ring (bicyclic) bond motifs is 1. The number of aryl methyl sites for hydroxylation is 2. The molecule has 1 fully saturated rings. The average Bonchev–Trinajstić information content (AvgIpc) is 3.07. The minimum Gasteiger partial charge on any atom is -0.352 e. The number of rotatable bonds is 7. The summed E-state index contributed by atoms with van der Waals surface area (Å²) in [7, 11) is 0. The molecule has 0 aromatic carbocycles. The maximum Gasteiger partial charge on any atom is 0.259 e. The van der Waals surface area contributed by atoms with Crippen molar-refractivity contribution in [1.29, 1.82) is 0 Å². The van der Waals surface area contributed by atoms with E-state index in [0.29, 0.717) is 17.0 Å². The third kappa shape index (κ3) is 5.39. The summed E-state index contributed by atoms with van der Waals surface area (Å²) in [6, 6.07) is 6.20. The molecule has 1 atom stereocenters. The van der Waals surface area contributed by atoms with Crippen molar-refractivity contribution in [3.05, 3.63) is 56.7 Å². The van der Waals surface area contributed by atoms with Gasteiger partial charge in [-0.2, -0.15) is 0 Å². The van der Waals surface area contributed by atoms with Gasteiger partial charge in [-0.1, -0.05) is 6.07 Å². The van der Waals surface area contributed by atoms with Crippen molar-refractivity contribution in [3.63, 3.8) is 0 Å². The number of nitrogens with zero attached hydrogens (tertiary/aromatic N) is 3. The first kappa shape index (κ1) is 22.9. The maximum absolute atomic E-state index is 12.7. The topological polar surface area (TPSA) is 91.0 Å². The molecular weight excluding hydrogens is 442 g/mol. The standard InChI is InChI=1S/C23H29N5O2S2/c1-14-15(2)32-23-20(14)22(30)26-19(27-23)13-31-16(3)21(29)25-17-7-10-28(11-8-17)12-18-6-4-5-9-24-18/h4-6,9,16-17H,7-8,10-13H2,1-3H3,(H,25,29)(H,26,27,30). The van der Waals surface area contributed by atoms with Crippen LogP contribution in [0.5, 0.6) is 0 Å². The second kappa shape index (κ2) is 10.1.